The third kappa shape index (κ3) is 9.83. The van der Waals surface area contributed by atoms with Crippen LogP contribution in [0.25, 0.3) is 44.7 Å². The average Bonchev–Trinajstić information content (AvgIpc) is 3.51. The average molecular weight is 837 g/mol. The van der Waals surface area contributed by atoms with Crippen LogP contribution in [0.4, 0.5) is 0 Å². The van der Waals surface area contributed by atoms with Crippen molar-refractivity contribution in [3.05, 3.63) is 102 Å². The zero-order chi connectivity index (χ0) is 35.0. The molecule has 0 aliphatic rings. The minimum absolute atomic E-state index is 0. The second kappa shape index (κ2) is 17.6. The molecule has 0 bridgehead atoms. The van der Waals surface area contributed by atoms with Gasteiger partial charge in [0.05, 0.1) is 23.5 Å². The van der Waals surface area contributed by atoms with Gasteiger partial charge in [0.1, 0.15) is 0 Å². The summed E-state index contributed by atoms with van der Waals surface area (Å²) < 4.78 is 5.65. The summed E-state index contributed by atoms with van der Waals surface area (Å²) in [5, 5.41) is 12.1. The number of hydrogen-bond acceptors (Lipinski definition) is 6. The van der Waals surface area contributed by atoms with Crippen molar-refractivity contribution in [1.29, 1.82) is 0 Å². The molecule has 0 spiro atoms. The quantitative estimate of drug-likeness (QED) is 0.0856. The van der Waals surface area contributed by atoms with Crippen LogP contribution in [-0.2, 0) is 30.3 Å². The summed E-state index contributed by atoms with van der Waals surface area (Å²) in [6.07, 6.45) is 8.55. The van der Waals surface area contributed by atoms with Gasteiger partial charge in [-0.1, -0.05) is 102 Å². The molecule has 0 atom stereocenters. The Labute approximate surface area is 305 Å². The summed E-state index contributed by atoms with van der Waals surface area (Å²) in [5.41, 5.74) is 6.14. The minimum Gasteiger partial charge on any atom is -0.512 e. The summed E-state index contributed by atoms with van der Waals surface area (Å²) in [5.74, 6) is 2.65. The summed E-state index contributed by atoms with van der Waals surface area (Å²) in [4.78, 5) is 25.5. The molecular formula is C42H50IrN3O3-. The largest absolute Gasteiger partial charge is 0.512 e. The van der Waals surface area contributed by atoms with Crippen LogP contribution < -0.4 is 0 Å². The summed E-state index contributed by atoms with van der Waals surface area (Å²) >= 11 is 0. The first-order chi connectivity index (χ1) is 22.9. The van der Waals surface area contributed by atoms with E-state index in [1.54, 1.807) is 6.20 Å². The standard InChI is InChI=1S/C29H26N3O.C13H24O2.Ir/c1-18-16-31-28(23-14-22-8-6-7-9-24(22)25(15-23)29(3,4)5)32-27(18)21-12-10-20(11-13-21)26-17-30-19(2)33-26;1-5-10(6-2)12(14)9-13(15)11(7-3)8-4;/h6-13,15-17H,1-5H3;9-11,14H,5-8H2,1-4H3;/q-1;;/b;12-9-;. The number of carbonyl (C=O) groups excluding carboxylic acids is 1. The zero-order valence-electron chi connectivity index (χ0n) is 30.4. The Kier molecular flexibility index (Phi) is 14.2. The van der Waals surface area contributed by atoms with Crippen molar-refractivity contribution in [2.45, 2.75) is 93.4 Å². The van der Waals surface area contributed by atoms with Crippen LogP contribution >= 0.6 is 0 Å². The Balaban J connectivity index is 0.000000347. The number of allylic oxidation sites excluding steroid dienone is 2. The smallest absolute Gasteiger partial charge is 0.191 e. The van der Waals surface area contributed by atoms with Gasteiger partial charge in [0.15, 0.2) is 17.4 Å². The molecule has 7 heteroatoms. The molecule has 2 aromatic heterocycles. The van der Waals surface area contributed by atoms with Gasteiger partial charge in [-0.3, -0.25) is 14.8 Å². The van der Waals surface area contributed by atoms with E-state index in [2.05, 4.69) is 73.2 Å². The van der Waals surface area contributed by atoms with Gasteiger partial charge in [0.25, 0.3) is 0 Å². The molecule has 5 rings (SSSR count). The number of aliphatic hydroxyl groups is 1. The molecule has 5 aromatic rings. The molecular weight excluding hydrogens is 787 g/mol. The molecule has 0 fully saturated rings. The first-order valence-electron chi connectivity index (χ1n) is 17.2. The Morgan fingerprint density at radius 1 is 0.878 bits per heavy atom. The first kappa shape index (κ1) is 39.5. The summed E-state index contributed by atoms with van der Waals surface area (Å²) in [6.45, 7) is 18.7. The van der Waals surface area contributed by atoms with Crippen LogP contribution in [0.2, 0.25) is 0 Å². The Morgan fingerprint density at radius 2 is 1.49 bits per heavy atom. The van der Waals surface area contributed by atoms with E-state index in [1.165, 1.54) is 17.0 Å². The van der Waals surface area contributed by atoms with Crippen molar-refractivity contribution >= 4 is 16.6 Å². The van der Waals surface area contributed by atoms with Crippen molar-refractivity contribution < 1.29 is 34.4 Å². The molecule has 261 valence electrons. The van der Waals surface area contributed by atoms with Crippen LogP contribution in [0.15, 0.2) is 83.2 Å². The molecule has 2 heterocycles. The van der Waals surface area contributed by atoms with E-state index in [9.17, 15) is 9.90 Å². The van der Waals surface area contributed by atoms with Gasteiger partial charge >= 0.3 is 0 Å². The fourth-order valence-electron chi connectivity index (χ4n) is 5.90. The minimum atomic E-state index is -0.00806. The second-order valence-electron chi connectivity index (χ2n) is 13.4. The van der Waals surface area contributed by atoms with Gasteiger partial charge in [-0.25, -0.2) is 4.98 Å². The molecule has 0 saturated carbocycles. The van der Waals surface area contributed by atoms with Crippen LogP contribution in [0, 0.1) is 31.7 Å². The number of carbonyl (C=O) groups is 1. The molecule has 0 aliphatic carbocycles. The maximum atomic E-state index is 11.7. The van der Waals surface area contributed by atoms with Gasteiger partial charge in [-0.05, 0) is 49.1 Å². The van der Waals surface area contributed by atoms with Gasteiger partial charge in [0, 0.05) is 56.7 Å². The van der Waals surface area contributed by atoms with Crippen molar-refractivity contribution in [2.24, 2.45) is 11.8 Å². The molecule has 0 amide bonds. The summed E-state index contributed by atoms with van der Waals surface area (Å²) in [7, 11) is 0. The van der Waals surface area contributed by atoms with Crippen molar-refractivity contribution in [2.75, 3.05) is 0 Å². The zero-order valence-corrected chi connectivity index (χ0v) is 32.7. The van der Waals surface area contributed by atoms with Crippen LogP contribution in [0.5, 0.6) is 0 Å². The maximum Gasteiger partial charge on any atom is 0.191 e. The number of nitrogens with zero attached hydrogens (tertiary/aromatic N) is 3. The molecule has 6 nitrogen and oxygen atoms in total. The Hall–Kier alpha value is -3.93. The number of fused-ring (bicyclic) bond motifs is 1. The van der Waals surface area contributed by atoms with E-state index in [0.29, 0.717) is 11.7 Å². The fourth-order valence-corrected chi connectivity index (χ4v) is 5.90. The molecule has 0 aliphatic heterocycles. The number of hydrogen-bond donors (Lipinski definition) is 1. The monoisotopic (exact) mass is 837 g/mol. The summed E-state index contributed by atoms with van der Waals surface area (Å²) in [6, 6.07) is 22.3. The van der Waals surface area contributed by atoms with Crippen molar-refractivity contribution in [3.8, 4) is 34.0 Å². The molecule has 0 unspecified atom stereocenters. The van der Waals surface area contributed by atoms with Crippen molar-refractivity contribution in [1.82, 2.24) is 15.0 Å². The second-order valence-corrected chi connectivity index (χ2v) is 13.4. The predicted octanol–water partition coefficient (Wildman–Crippen LogP) is 11.2. The Bertz CT molecular complexity index is 1860. The van der Waals surface area contributed by atoms with Crippen LogP contribution in [0.3, 0.4) is 0 Å². The van der Waals surface area contributed by atoms with Gasteiger partial charge in [-0.2, -0.15) is 0 Å². The number of ketones is 1. The number of benzene rings is 3. The number of rotatable bonds is 10. The Morgan fingerprint density at radius 3 is 2.06 bits per heavy atom. The number of aliphatic hydroxyl groups excluding tert-OH is 1. The van der Waals surface area contributed by atoms with Gasteiger partial charge in [0.2, 0.25) is 0 Å². The van der Waals surface area contributed by atoms with E-state index in [0.717, 1.165) is 64.8 Å². The van der Waals surface area contributed by atoms with Crippen molar-refractivity contribution in [3.63, 3.8) is 0 Å². The first-order valence-corrected chi connectivity index (χ1v) is 17.2. The molecule has 0 saturated heterocycles. The topological polar surface area (TPSA) is 89.1 Å². The number of aryl methyl sites for hydroxylation is 2. The fraction of sp³-hybridized carbons (Fsp3) is 0.381. The molecule has 1 N–H and O–H groups in total. The normalized spacial score (nSPS) is 11.8. The number of oxazole rings is 1. The maximum absolute atomic E-state index is 11.7. The van der Waals surface area contributed by atoms with Crippen LogP contribution in [0.1, 0.15) is 91.2 Å². The number of aromatic nitrogens is 3. The SMILES string of the molecule is CCC(CC)C(=O)/C=C(\O)C(CC)CC.Cc1ncc(-c2ccc(-c3nc(-c4[c-]c5ccccc5c(C(C)(C)C)c4)ncc3C)cc2)o1.[Ir]. The third-order valence-corrected chi connectivity index (χ3v) is 8.94. The van der Waals surface area contributed by atoms with Crippen LogP contribution in [-0.4, -0.2) is 25.8 Å². The van der Waals surface area contributed by atoms with E-state index < -0.39 is 0 Å². The van der Waals surface area contributed by atoms with E-state index in [4.69, 9.17) is 9.40 Å². The predicted molar refractivity (Wildman–Crippen MR) is 197 cm³/mol. The molecule has 3 aromatic carbocycles. The van der Waals surface area contributed by atoms with Gasteiger partial charge < -0.3 is 9.52 Å². The van der Waals surface area contributed by atoms with Gasteiger partial charge in [-0.15, -0.1) is 29.1 Å². The molecule has 49 heavy (non-hydrogen) atoms. The molecule has 1 radical (unpaired) electrons. The van der Waals surface area contributed by atoms with E-state index in [-0.39, 0.29) is 48.9 Å². The van der Waals surface area contributed by atoms with E-state index >= 15 is 0 Å². The third-order valence-electron chi connectivity index (χ3n) is 8.94. The van der Waals surface area contributed by atoms with E-state index in [1.807, 2.05) is 65.9 Å².